The first kappa shape index (κ1) is 14.4. The van der Waals surface area contributed by atoms with Gasteiger partial charge in [0.05, 0.1) is 15.7 Å². The number of anilines is 2. The molecule has 0 saturated heterocycles. The quantitative estimate of drug-likeness (QED) is 0.883. The zero-order chi connectivity index (χ0) is 15.0. The molecular formula is C15H16Cl2N4. The van der Waals surface area contributed by atoms with Crippen molar-refractivity contribution in [2.45, 2.75) is 25.8 Å². The van der Waals surface area contributed by atoms with Gasteiger partial charge in [-0.15, -0.1) is 0 Å². The third-order valence-corrected chi connectivity index (χ3v) is 4.49. The Morgan fingerprint density at radius 2 is 2.05 bits per heavy atom. The van der Waals surface area contributed by atoms with Crippen LogP contribution in [0.15, 0.2) is 24.3 Å². The molecule has 1 atom stereocenters. The Morgan fingerprint density at radius 3 is 2.76 bits per heavy atom. The summed E-state index contributed by atoms with van der Waals surface area (Å²) in [6.45, 7) is 2.15. The highest BCUT2D eigenvalue weighted by Crippen LogP contribution is 2.35. The van der Waals surface area contributed by atoms with Crippen LogP contribution in [-0.2, 0) is 0 Å². The number of nitrogen functional groups attached to an aromatic ring is 1. The molecule has 1 aliphatic carbocycles. The van der Waals surface area contributed by atoms with Gasteiger partial charge in [0.15, 0.2) is 0 Å². The summed E-state index contributed by atoms with van der Waals surface area (Å²) in [4.78, 5) is 8.50. The van der Waals surface area contributed by atoms with E-state index < -0.39 is 0 Å². The molecule has 3 N–H and O–H groups in total. The summed E-state index contributed by atoms with van der Waals surface area (Å²) in [5, 5.41) is 4.35. The topological polar surface area (TPSA) is 63.8 Å². The fourth-order valence-corrected chi connectivity index (χ4v) is 2.72. The van der Waals surface area contributed by atoms with E-state index in [-0.39, 0.29) is 5.95 Å². The molecule has 2 aromatic rings. The molecule has 3 rings (SSSR count). The monoisotopic (exact) mass is 322 g/mol. The van der Waals surface area contributed by atoms with Crippen molar-refractivity contribution in [2.75, 3.05) is 11.1 Å². The lowest BCUT2D eigenvalue weighted by atomic mass is 10.1. The standard InChI is InChI=1S/C15H16Cl2N4/c1-8(9-5-6-9)19-13-7-12(20-15(18)21-13)10-3-2-4-11(16)14(10)17/h2-4,7-9H,5-6H2,1H3,(H3,18,19,20,21)/t8-/m0/s1. The fourth-order valence-electron chi connectivity index (χ4n) is 2.33. The summed E-state index contributed by atoms with van der Waals surface area (Å²) in [6, 6.07) is 7.67. The molecular weight excluding hydrogens is 307 g/mol. The molecule has 1 aromatic heterocycles. The number of hydrogen-bond donors (Lipinski definition) is 2. The molecule has 1 fully saturated rings. The van der Waals surface area contributed by atoms with Crippen LogP contribution in [0.3, 0.4) is 0 Å². The van der Waals surface area contributed by atoms with E-state index >= 15 is 0 Å². The summed E-state index contributed by atoms with van der Waals surface area (Å²) in [7, 11) is 0. The van der Waals surface area contributed by atoms with Gasteiger partial charge in [-0.2, -0.15) is 4.98 Å². The molecule has 21 heavy (non-hydrogen) atoms. The summed E-state index contributed by atoms with van der Waals surface area (Å²) in [6.07, 6.45) is 2.53. The van der Waals surface area contributed by atoms with Gasteiger partial charge >= 0.3 is 0 Å². The maximum absolute atomic E-state index is 6.25. The van der Waals surface area contributed by atoms with Gasteiger partial charge in [0.2, 0.25) is 5.95 Å². The van der Waals surface area contributed by atoms with E-state index in [1.165, 1.54) is 12.8 Å². The molecule has 1 saturated carbocycles. The van der Waals surface area contributed by atoms with Gasteiger partial charge in [-0.05, 0) is 31.7 Å². The van der Waals surface area contributed by atoms with E-state index in [4.69, 9.17) is 28.9 Å². The highest BCUT2D eigenvalue weighted by molar-refractivity contribution is 6.43. The first-order valence-electron chi connectivity index (χ1n) is 6.90. The minimum Gasteiger partial charge on any atom is -0.368 e. The maximum atomic E-state index is 6.25. The predicted octanol–water partition coefficient (Wildman–Crippen LogP) is 4.24. The summed E-state index contributed by atoms with van der Waals surface area (Å²) in [5.41, 5.74) is 7.23. The highest BCUT2D eigenvalue weighted by Gasteiger charge is 2.28. The third-order valence-electron chi connectivity index (χ3n) is 3.68. The van der Waals surface area contributed by atoms with E-state index in [1.54, 1.807) is 6.07 Å². The fraction of sp³-hybridized carbons (Fsp3) is 0.333. The molecule has 1 heterocycles. The van der Waals surface area contributed by atoms with Crippen LogP contribution in [0.5, 0.6) is 0 Å². The smallest absolute Gasteiger partial charge is 0.222 e. The van der Waals surface area contributed by atoms with E-state index in [1.807, 2.05) is 18.2 Å². The van der Waals surface area contributed by atoms with E-state index in [2.05, 4.69) is 22.2 Å². The minimum atomic E-state index is 0.217. The molecule has 0 unspecified atom stereocenters. The van der Waals surface area contributed by atoms with Crippen LogP contribution in [0.1, 0.15) is 19.8 Å². The average Bonchev–Trinajstić information content (AvgIpc) is 3.25. The van der Waals surface area contributed by atoms with Crippen molar-refractivity contribution in [3.05, 3.63) is 34.3 Å². The Balaban J connectivity index is 1.95. The number of nitrogens with zero attached hydrogens (tertiary/aromatic N) is 2. The molecule has 0 radical (unpaired) electrons. The molecule has 1 aromatic carbocycles. The van der Waals surface area contributed by atoms with Gasteiger partial charge in [0.25, 0.3) is 0 Å². The van der Waals surface area contributed by atoms with Crippen molar-refractivity contribution in [3.63, 3.8) is 0 Å². The van der Waals surface area contributed by atoms with Crippen LogP contribution >= 0.6 is 23.2 Å². The van der Waals surface area contributed by atoms with Crippen molar-refractivity contribution in [3.8, 4) is 11.3 Å². The highest BCUT2D eigenvalue weighted by atomic mass is 35.5. The first-order valence-corrected chi connectivity index (χ1v) is 7.65. The summed E-state index contributed by atoms with van der Waals surface area (Å²) >= 11 is 12.3. The number of nitrogens with two attached hydrogens (primary N) is 1. The van der Waals surface area contributed by atoms with Crippen molar-refractivity contribution >= 4 is 35.0 Å². The van der Waals surface area contributed by atoms with Crippen LogP contribution in [0.4, 0.5) is 11.8 Å². The Morgan fingerprint density at radius 1 is 1.29 bits per heavy atom. The number of nitrogens with one attached hydrogen (secondary N) is 1. The second kappa shape index (κ2) is 5.70. The van der Waals surface area contributed by atoms with E-state index in [0.717, 1.165) is 11.5 Å². The van der Waals surface area contributed by atoms with Crippen molar-refractivity contribution < 1.29 is 0 Å². The number of hydrogen-bond acceptors (Lipinski definition) is 4. The molecule has 110 valence electrons. The number of benzene rings is 1. The van der Waals surface area contributed by atoms with Crippen molar-refractivity contribution in [2.24, 2.45) is 5.92 Å². The normalized spacial score (nSPS) is 15.8. The zero-order valence-corrected chi connectivity index (χ0v) is 13.1. The maximum Gasteiger partial charge on any atom is 0.222 e. The molecule has 6 heteroatoms. The second-order valence-corrected chi connectivity index (χ2v) is 6.15. The Bertz CT molecular complexity index is 671. The number of rotatable bonds is 4. The number of aromatic nitrogens is 2. The molecule has 0 spiro atoms. The summed E-state index contributed by atoms with van der Waals surface area (Å²) < 4.78 is 0. The lowest BCUT2D eigenvalue weighted by molar-refractivity contribution is 0.690. The first-order chi connectivity index (χ1) is 10.0. The Hall–Kier alpha value is -1.52. The third kappa shape index (κ3) is 3.22. The minimum absolute atomic E-state index is 0.217. The Kier molecular flexibility index (Phi) is 3.91. The number of halogens is 2. The molecule has 0 aliphatic heterocycles. The van der Waals surface area contributed by atoms with Gasteiger partial charge in [-0.1, -0.05) is 35.3 Å². The van der Waals surface area contributed by atoms with Crippen LogP contribution < -0.4 is 11.1 Å². The van der Waals surface area contributed by atoms with Gasteiger partial charge < -0.3 is 11.1 Å². The van der Waals surface area contributed by atoms with Crippen LogP contribution in [-0.4, -0.2) is 16.0 Å². The van der Waals surface area contributed by atoms with E-state index in [9.17, 15) is 0 Å². The van der Waals surface area contributed by atoms with Gasteiger partial charge in [0.1, 0.15) is 5.82 Å². The molecule has 0 bridgehead atoms. The van der Waals surface area contributed by atoms with E-state index in [0.29, 0.717) is 27.6 Å². The SMILES string of the molecule is C[C@H](Nc1cc(-c2cccc(Cl)c2Cl)nc(N)n1)C1CC1. The zero-order valence-electron chi connectivity index (χ0n) is 11.6. The van der Waals surface area contributed by atoms with Crippen molar-refractivity contribution in [1.29, 1.82) is 0 Å². The summed E-state index contributed by atoms with van der Waals surface area (Å²) in [5.74, 6) is 1.65. The largest absolute Gasteiger partial charge is 0.368 e. The lowest BCUT2D eigenvalue weighted by Crippen LogP contribution is -2.18. The van der Waals surface area contributed by atoms with Gasteiger partial charge in [0, 0.05) is 17.7 Å². The molecule has 0 amide bonds. The second-order valence-electron chi connectivity index (χ2n) is 5.37. The predicted molar refractivity (Wildman–Crippen MR) is 87.7 cm³/mol. The van der Waals surface area contributed by atoms with Crippen molar-refractivity contribution in [1.82, 2.24) is 9.97 Å². The van der Waals surface area contributed by atoms with Crippen LogP contribution in [0, 0.1) is 5.92 Å². The average molecular weight is 323 g/mol. The van der Waals surface area contributed by atoms with Crippen LogP contribution in [0.25, 0.3) is 11.3 Å². The molecule has 4 nitrogen and oxygen atoms in total. The van der Waals surface area contributed by atoms with Gasteiger partial charge in [-0.25, -0.2) is 4.98 Å². The van der Waals surface area contributed by atoms with Gasteiger partial charge in [-0.3, -0.25) is 0 Å². The van der Waals surface area contributed by atoms with Crippen LogP contribution in [0.2, 0.25) is 10.0 Å². The molecule has 1 aliphatic rings. The lowest BCUT2D eigenvalue weighted by Gasteiger charge is -2.15. The Labute approximate surface area is 133 Å².